The van der Waals surface area contributed by atoms with Gasteiger partial charge in [-0.3, -0.25) is 4.72 Å². The molecule has 7 heteroatoms. The van der Waals surface area contributed by atoms with Gasteiger partial charge in [-0.05, 0) is 36.2 Å². The first-order chi connectivity index (χ1) is 10.9. The molecular formula is C16H19NO5S. The lowest BCUT2D eigenvalue weighted by Crippen LogP contribution is -2.14. The Labute approximate surface area is 135 Å². The lowest BCUT2D eigenvalue weighted by atomic mass is 10.1. The van der Waals surface area contributed by atoms with Crippen LogP contribution in [0.25, 0.3) is 0 Å². The highest BCUT2D eigenvalue weighted by molar-refractivity contribution is 7.92. The number of ether oxygens (including phenoxy) is 2. The molecule has 0 atom stereocenters. The summed E-state index contributed by atoms with van der Waals surface area (Å²) in [5, 5.41) is 9.19. The first-order valence-corrected chi connectivity index (χ1v) is 8.35. The van der Waals surface area contributed by atoms with Gasteiger partial charge in [-0.1, -0.05) is 12.1 Å². The molecule has 0 saturated heterocycles. The lowest BCUT2D eigenvalue weighted by molar-refractivity contribution is 0.282. The number of nitrogens with one attached hydrogen (secondary N) is 1. The van der Waals surface area contributed by atoms with Crippen molar-refractivity contribution in [3.8, 4) is 11.5 Å². The third-order valence-electron chi connectivity index (χ3n) is 3.39. The molecule has 0 heterocycles. The number of aliphatic hydroxyl groups excluding tert-OH is 1. The fraction of sp³-hybridized carbons (Fsp3) is 0.250. The number of sulfonamides is 1. The van der Waals surface area contributed by atoms with E-state index in [1.807, 2.05) is 0 Å². The topological polar surface area (TPSA) is 84.9 Å². The SMILES string of the molecule is COc1ccc(S(=O)(=O)Nc2cc(CO)ccc2C)cc1OC. The molecule has 23 heavy (non-hydrogen) atoms. The minimum absolute atomic E-state index is 0.0592. The van der Waals surface area contributed by atoms with Crippen molar-refractivity contribution in [1.82, 2.24) is 0 Å². The summed E-state index contributed by atoms with van der Waals surface area (Å²) in [7, 11) is -0.864. The molecule has 0 radical (unpaired) electrons. The normalized spacial score (nSPS) is 11.1. The molecule has 0 bridgehead atoms. The molecule has 0 spiro atoms. The van der Waals surface area contributed by atoms with Crippen molar-refractivity contribution in [3.05, 3.63) is 47.5 Å². The van der Waals surface area contributed by atoms with E-state index in [9.17, 15) is 13.5 Å². The molecule has 2 aromatic carbocycles. The van der Waals surface area contributed by atoms with Gasteiger partial charge in [-0.2, -0.15) is 0 Å². The van der Waals surface area contributed by atoms with E-state index >= 15 is 0 Å². The zero-order chi connectivity index (χ0) is 17.0. The van der Waals surface area contributed by atoms with E-state index in [1.165, 1.54) is 32.4 Å². The van der Waals surface area contributed by atoms with Gasteiger partial charge < -0.3 is 14.6 Å². The quantitative estimate of drug-likeness (QED) is 0.845. The Morgan fingerprint density at radius 2 is 1.74 bits per heavy atom. The van der Waals surface area contributed by atoms with E-state index in [1.54, 1.807) is 25.1 Å². The maximum atomic E-state index is 12.6. The molecule has 124 valence electrons. The molecule has 6 nitrogen and oxygen atoms in total. The molecular weight excluding hydrogens is 318 g/mol. The molecule has 2 rings (SSSR count). The van der Waals surface area contributed by atoms with Crippen LogP contribution in [0.4, 0.5) is 5.69 Å². The van der Waals surface area contributed by atoms with Crippen molar-refractivity contribution in [2.45, 2.75) is 18.4 Å². The Morgan fingerprint density at radius 3 is 2.35 bits per heavy atom. The fourth-order valence-electron chi connectivity index (χ4n) is 2.06. The maximum Gasteiger partial charge on any atom is 0.262 e. The third kappa shape index (κ3) is 3.75. The second-order valence-electron chi connectivity index (χ2n) is 4.93. The predicted octanol–water partition coefficient (Wildman–Crippen LogP) is 2.31. The molecule has 0 aromatic heterocycles. The largest absolute Gasteiger partial charge is 0.493 e. The maximum absolute atomic E-state index is 12.6. The third-order valence-corrected chi connectivity index (χ3v) is 4.76. The highest BCUT2D eigenvalue weighted by atomic mass is 32.2. The minimum Gasteiger partial charge on any atom is -0.493 e. The summed E-state index contributed by atoms with van der Waals surface area (Å²) in [4.78, 5) is 0.0592. The van der Waals surface area contributed by atoms with Crippen LogP contribution in [0.3, 0.4) is 0 Å². The standard InChI is InChI=1S/C16H19NO5S/c1-11-4-5-12(10-18)8-14(11)17-23(19,20)13-6-7-15(21-2)16(9-13)22-3/h4-9,17-18H,10H2,1-3H3. The Balaban J connectivity index is 2.39. The van der Waals surface area contributed by atoms with Crippen molar-refractivity contribution in [3.63, 3.8) is 0 Å². The van der Waals surface area contributed by atoms with Crippen LogP contribution < -0.4 is 14.2 Å². The van der Waals surface area contributed by atoms with Crippen LogP contribution in [-0.2, 0) is 16.6 Å². The van der Waals surface area contributed by atoms with E-state index in [0.717, 1.165) is 5.56 Å². The van der Waals surface area contributed by atoms with Gasteiger partial charge in [-0.25, -0.2) is 8.42 Å². The summed E-state index contributed by atoms with van der Waals surface area (Å²) >= 11 is 0. The second kappa shape index (κ2) is 6.89. The average Bonchev–Trinajstić information content (AvgIpc) is 2.55. The van der Waals surface area contributed by atoms with E-state index in [2.05, 4.69) is 4.72 Å². The number of methoxy groups -OCH3 is 2. The summed E-state index contributed by atoms with van der Waals surface area (Å²) in [5.41, 5.74) is 1.80. The molecule has 0 amide bonds. The van der Waals surface area contributed by atoms with E-state index in [-0.39, 0.29) is 11.5 Å². The second-order valence-corrected chi connectivity index (χ2v) is 6.61. The number of rotatable bonds is 6. The van der Waals surface area contributed by atoms with Crippen molar-refractivity contribution in [1.29, 1.82) is 0 Å². The highest BCUT2D eigenvalue weighted by Gasteiger charge is 2.18. The zero-order valence-electron chi connectivity index (χ0n) is 13.2. The van der Waals surface area contributed by atoms with Crippen LogP contribution in [0, 0.1) is 6.92 Å². The number of anilines is 1. The monoisotopic (exact) mass is 337 g/mol. The number of aliphatic hydroxyl groups is 1. The van der Waals surface area contributed by atoms with Gasteiger partial charge in [0.15, 0.2) is 11.5 Å². The molecule has 0 saturated carbocycles. The average molecular weight is 337 g/mol. The summed E-state index contributed by atoms with van der Waals surface area (Å²) in [6, 6.07) is 9.46. The van der Waals surface area contributed by atoms with Crippen molar-refractivity contribution in [2.24, 2.45) is 0 Å². The first kappa shape index (κ1) is 17.1. The van der Waals surface area contributed by atoms with E-state index in [4.69, 9.17) is 9.47 Å². The molecule has 0 aliphatic carbocycles. The Hall–Kier alpha value is -2.25. The molecule has 2 aromatic rings. The number of hydrogen-bond donors (Lipinski definition) is 2. The zero-order valence-corrected chi connectivity index (χ0v) is 14.0. The van der Waals surface area contributed by atoms with Crippen LogP contribution in [0.1, 0.15) is 11.1 Å². The van der Waals surface area contributed by atoms with Crippen molar-refractivity contribution in [2.75, 3.05) is 18.9 Å². The molecule has 0 fully saturated rings. The summed E-state index contributed by atoms with van der Waals surface area (Å²) in [6.45, 7) is 1.62. The van der Waals surface area contributed by atoms with Crippen LogP contribution in [0.5, 0.6) is 11.5 Å². The molecule has 0 unspecified atom stereocenters. The summed E-state index contributed by atoms with van der Waals surface area (Å²) in [6.07, 6.45) is 0. The lowest BCUT2D eigenvalue weighted by Gasteiger charge is -2.13. The first-order valence-electron chi connectivity index (χ1n) is 6.86. The van der Waals surface area contributed by atoms with E-state index < -0.39 is 10.0 Å². The van der Waals surface area contributed by atoms with Crippen LogP contribution in [0.15, 0.2) is 41.3 Å². The number of hydrogen-bond acceptors (Lipinski definition) is 5. The summed E-state index contributed by atoms with van der Waals surface area (Å²) < 4.78 is 37.9. The van der Waals surface area contributed by atoms with Crippen molar-refractivity contribution < 1.29 is 23.0 Å². The van der Waals surface area contributed by atoms with Gasteiger partial charge >= 0.3 is 0 Å². The van der Waals surface area contributed by atoms with Gasteiger partial charge in [-0.15, -0.1) is 0 Å². The van der Waals surface area contributed by atoms with Crippen LogP contribution in [-0.4, -0.2) is 27.7 Å². The van der Waals surface area contributed by atoms with E-state index in [0.29, 0.717) is 22.7 Å². The number of aryl methyl sites for hydroxylation is 1. The van der Waals surface area contributed by atoms with Gasteiger partial charge in [0.25, 0.3) is 10.0 Å². The minimum atomic E-state index is -3.79. The van der Waals surface area contributed by atoms with Crippen LogP contribution in [0.2, 0.25) is 0 Å². The molecule has 0 aliphatic heterocycles. The van der Waals surface area contributed by atoms with Gasteiger partial charge in [0, 0.05) is 6.07 Å². The Kier molecular flexibility index (Phi) is 5.12. The fourth-order valence-corrected chi connectivity index (χ4v) is 3.20. The molecule has 2 N–H and O–H groups in total. The highest BCUT2D eigenvalue weighted by Crippen LogP contribution is 2.30. The molecule has 0 aliphatic rings. The van der Waals surface area contributed by atoms with Gasteiger partial charge in [0.1, 0.15) is 0 Å². The van der Waals surface area contributed by atoms with Crippen molar-refractivity contribution >= 4 is 15.7 Å². The Morgan fingerprint density at radius 1 is 1.04 bits per heavy atom. The van der Waals surface area contributed by atoms with Crippen LogP contribution >= 0.6 is 0 Å². The number of benzene rings is 2. The van der Waals surface area contributed by atoms with Gasteiger partial charge in [0.2, 0.25) is 0 Å². The smallest absolute Gasteiger partial charge is 0.262 e. The summed E-state index contributed by atoms with van der Waals surface area (Å²) in [5.74, 6) is 0.779. The predicted molar refractivity (Wildman–Crippen MR) is 87.5 cm³/mol. The van der Waals surface area contributed by atoms with Gasteiger partial charge in [0.05, 0.1) is 31.4 Å². The Bertz CT molecular complexity index is 802.